The third-order valence-corrected chi connectivity index (χ3v) is 5.57. The Labute approximate surface area is 136 Å². The first-order valence-corrected chi connectivity index (χ1v) is 8.65. The van der Waals surface area contributed by atoms with Crippen molar-refractivity contribution < 1.29 is 22.3 Å². The Kier molecular flexibility index (Phi) is 6.67. The number of halogens is 1. The summed E-state index contributed by atoms with van der Waals surface area (Å²) in [5, 5.41) is 0. The summed E-state index contributed by atoms with van der Waals surface area (Å²) in [6.07, 6.45) is 0.455. The number of rotatable bonds is 7. The molecule has 8 heteroatoms. The third kappa shape index (κ3) is 4.73. The molecule has 0 radical (unpaired) electrons. The quantitative estimate of drug-likeness (QED) is 0.758. The van der Waals surface area contributed by atoms with Crippen molar-refractivity contribution in [2.75, 3.05) is 20.7 Å². The second kappa shape index (κ2) is 7.85. The van der Waals surface area contributed by atoms with Gasteiger partial charge >= 0.3 is 5.97 Å². The molecule has 0 heterocycles. The van der Waals surface area contributed by atoms with Gasteiger partial charge in [-0.2, -0.15) is 0 Å². The first-order chi connectivity index (χ1) is 10.6. The normalized spacial score (nSPS) is 13.4. The van der Waals surface area contributed by atoms with Gasteiger partial charge < -0.3 is 10.5 Å². The lowest BCUT2D eigenvalue weighted by Gasteiger charge is -2.22. The summed E-state index contributed by atoms with van der Waals surface area (Å²) in [5.41, 5.74) is 5.71. The molecule has 0 aromatic heterocycles. The molecule has 0 aliphatic carbocycles. The van der Waals surface area contributed by atoms with E-state index in [0.29, 0.717) is 6.42 Å². The number of carbonyl (C=O) groups is 1. The van der Waals surface area contributed by atoms with Gasteiger partial charge in [0.15, 0.2) is 0 Å². The smallest absolute Gasteiger partial charge is 0.339 e. The van der Waals surface area contributed by atoms with Gasteiger partial charge in [0, 0.05) is 19.6 Å². The Morgan fingerprint density at radius 2 is 2.00 bits per heavy atom. The molecule has 23 heavy (non-hydrogen) atoms. The minimum absolute atomic E-state index is 0.153. The number of nitrogens with two attached hydrogens (primary N) is 1. The molecule has 0 bridgehead atoms. The number of hydrogen-bond donors (Lipinski definition) is 1. The van der Waals surface area contributed by atoms with Crippen LogP contribution in [0.3, 0.4) is 0 Å². The first-order valence-electron chi connectivity index (χ1n) is 7.21. The Hall–Kier alpha value is -1.51. The molecule has 1 aromatic carbocycles. The second-order valence-corrected chi connectivity index (χ2v) is 7.67. The van der Waals surface area contributed by atoms with Gasteiger partial charge in [-0.25, -0.2) is 21.9 Å². The number of ether oxygens (including phenoxy) is 1. The molecule has 0 saturated heterocycles. The zero-order valence-electron chi connectivity index (χ0n) is 13.7. The summed E-state index contributed by atoms with van der Waals surface area (Å²) in [4.78, 5) is 11.3. The van der Waals surface area contributed by atoms with Crippen LogP contribution in [0, 0.1) is 11.7 Å². The average molecular weight is 346 g/mol. The highest BCUT2D eigenvalue weighted by Gasteiger charge is 2.28. The molecule has 1 atom stereocenters. The van der Waals surface area contributed by atoms with Crippen molar-refractivity contribution in [3.63, 3.8) is 0 Å². The van der Waals surface area contributed by atoms with Crippen LogP contribution >= 0.6 is 0 Å². The third-order valence-electron chi connectivity index (χ3n) is 3.67. The van der Waals surface area contributed by atoms with E-state index in [9.17, 15) is 17.6 Å². The fourth-order valence-electron chi connectivity index (χ4n) is 1.94. The summed E-state index contributed by atoms with van der Waals surface area (Å²) in [7, 11) is -1.53. The molecule has 0 fully saturated rings. The lowest BCUT2D eigenvalue weighted by molar-refractivity contribution is 0.0596. The van der Waals surface area contributed by atoms with E-state index in [1.807, 2.05) is 13.8 Å². The van der Waals surface area contributed by atoms with Gasteiger partial charge in [0.2, 0.25) is 10.0 Å². The van der Waals surface area contributed by atoms with Crippen molar-refractivity contribution in [3.05, 3.63) is 29.6 Å². The topological polar surface area (TPSA) is 89.7 Å². The maximum Gasteiger partial charge on any atom is 0.339 e. The summed E-state index contributed by atoms with van der Waals surface area (Å²) in [5.74, 6) is -1.37. The number of esters is 1. The van der Waals surface area contributed by atoms with Crippen LogP contribution in [-0.4, -0.2) is 45.4 Å². The molecular weight excluding hydrogens is 323 g/mol. The van der Waals surface area contributed by atoms with Crippen molar-refractivity contribution in [3.8, 4) is 0 Å². The van der Waals surface area contributed by atoms with Crippen LogP contribution in [0.4, 0.5) is 4.39 Å². The lowest BCUT2D eigenvalue weighted by Crippen LogP contribution is -2.35. The molecule has 1 unspecified atom stereocenters. The van der Waals surface area contributed by atoms with Crippen LogP contribution in [0.25, 0.3) is 0 Å². The summed E-state index contributed by atoms with van der Waals surface area (Å²) in [6.45, 7) is 4.06. The molecule has 1 aromatic rings. The molecule has 0 saturated carbocycles. The highest BCUT2D eigenvalue weighted by Crippen LogP contribution is 2.22. The summed E-state index contributed by atoms with van der Waals surface area (Å²) < 4.78 is 44.3. The largest absolute Gasteiger partial charge is 0.465 e. The Balaban J connectivity index is 3.12. The number of hydrogen-bond acceptors (Lipinski definition) is 5. The number of sulfonamides is 1. The number of benzene rings is 1. The van der Waals surface area contributed by atoms with Gasteiger partial charge in [-0.15, -0.1) is 0 Å². The minimum atomic E-state index is -4.03. The molecule has 130 valence electrons. The van der Waals surface area contributed by atoms with E-state index in [-0.39, 0.29) is 24.1 Å². The zero-order chi connectivity index (χ0) is 17.8. The average Bonchev–Trinajstić information content (AvgIpc) is 2.50. The minimum Gasteiger partial charge on any atom is -0.465 e. The van der Waals surface area contributed by atoms with Crippen molar-refractivity contribution in [2.24, 2.45) is 11.7 Å². The summed E-state index contributed by atoms with van der Waals surface area (Å²) in [6, 6.07) is 2.78. The van der Waals surface area contributed by atoms with Gasteiger partial charge in [-0.3, -0.25) is 0 Å². The van der Waals surface area contributed by atoms with Crippen molar-refractivity contribution >= 4 is 16.0 Å². The molecule has 1 rings (SSSR count). The van der Waals surface area contributed by atoms with Crippen LogP contribution in [-0.2, 0) is 14.8 Å². The SMILES string of the molecule is COC(=O)c1ccc(F)cc1S(=O)(=O)N(C)CCC(N)C(C)C. The van der Waals surface area contributed by atoms with Crippen LogP contribution < -0.4 is 5.73 Å². The van der Waals surface area contributed by atoms with E-state index in [0.717, 1.165) is 29.6 Å². The van der Waals surface area contributed by atoms with Crippen LogP contribution in [0.1, 0.15) is 30.6 Å². The van der Waals surface area contributed by atoms with Crippen molar-refractivity contribution in [1.29, 1.82) is 0 Å². The predicted octanol–water partition coefficient (Wildman–Crippen LogP) is 1.61. The van der Waals surface area contributed by atoms with E-state index in [2.05, 4.69) is 4.74 Å². The molecular formula is C15H23FN2O4S. The molecule has 6 nitrogen and oxygen atoms in total. The first kappa shape index (κ1) is 19.5. The number of nitrogens with zero attached hydrogens (tertiary/aromatic N) is 1. The van der Waals surface area contributed by atoms with E-state index in [4.69, 9.17) is 5.73 Å². The molecule has 0 amide bonds. The monoisotopic (exact) mass is 346 g/mol. The van der Waals surface area contributed by atoms with Gasteiger partial charge in [0.05, 0.1) is 17.6 Å². The van der Waals surface area contributed by atoms with Gasteiger partial charge in [0.25, 0.3) is 0 Å². The fourth-order valence-corrected chi connectivity index (χ4v) is 3.31. The van der Waals surface area contributed by atoms with Gasteiger partial charge in [0.1, 0.15) is 5.82 Å². The lowest BCUT2D eigenvalue weighted by atomic mass is 10.0. The maximum absolute atomic E-state index is 13.5. The number of carbonyl (C=O) groups excluding carboxylic acids is 1. The zero-order valence-corrected chi connectivity index (χ0v) is 14.6. The highest BCUT2D eigenvalue weighted by molar-refractivity contribution is 7.89. The molecule has 0 spiro atoms. The highest BCUT2D eigenvalue weighted by atomic mass is 32.2. The summed E-state index contributed by atoms with van der Waals surface area (Å²) >= 11 is 0. The van der Waals surface area contributed by atoms with Crippen molar-refractivity contribution in [1.82, 2.24) is 4.31 Å². The van der Waals surface area contributed by atoms with Crippen molar-refractivity contribution in [2.45, 2.75) is 31.2 Å². The van der Waals surface area contributed by atoms with Crippen LogP contribution in [0.5, 0.6) is 0 Å². The van der Waals surface area contributed by atoms with Gasteiger partial charge in [-0.05, 0) is 30.5 Å². The van der Waals surface area contributed by atoms with Crippen LogP contribution in [0.15, 0.2) is 23.1 Å². The van der Waals surface area contributed by atoms with Gasteiger partial charge in [-0.1, -0.05) is 13.8 Å². The second-order valence-electron chi connectivity index (χ2n) is 5.66. The Morgan fingerprint density at radius 3 is 2.52 bits per heavy atom. The standard InChI is InChI=1S/C15H23FN2O4S/c1-10(2)13(17)7-8-18(3)23(20,21)14-9-11(16)5-6-12(14)15(19)22-4/h5-6,9-10,13H,7-8,17H2,1-4H3. The molecule has 2 N–H and O–H groups in total. The maximum atomic E-state index is 13.5. The molecule has 0 aliphatic rings. The van der Waals surface area contributed by atoms with E-state index in [1.165, 1.54) is 7.05 Å². The Bertz CT molecular complexity index is 661. The van der Waals surface area contributed by atoms with Crippen LogP contribution in [0.2, 0.25) is 0 Å². The fraction of sp³-hybridized carbons (Fsp3) is 0.533. The van der Waals surface area contributed by atoms with E-state index in [1.54, 1.807) is 0 Å². The Morgan fingerprint density at radius 1 is 1.39 bits per heavy atom. The van der Waals surface area contributed by atoms with E-state index >= 15 is 0 Å². The molecule has 0 aliphatic heterocycles. The number of methoxy groups -OCH3 is 1. The van der Waals surface area contributed by atoms with E-state index < -0.39 is 26.7 Å². The predicted molar refractivity (Wildman–Crippen MR) is 85.0 cm³/mol.